The molecule has 0 unspecified atom stereocenters. The first kappa shape index (κ1) is 15.3. The Kier molecular flexibility index (Phi) is 3.70. The van der Waals surface area contributed by atoms with E-state index in [9.17, 15) is 9.59 Å². The summed E-state index contributed by atoms with van der Waals surface area (Å²) in [6.07, 6.45) is 1.56. The van der Waals surface area contributed by atoms with Crippen molar-refractivity contribution in [1.29, 1.82) is 0 Å². The lowest BCUT2D eigenvalue weighted by molar-refractivity contribution is 0.0566. The second-order valence-corrected chi connectivity index (χ2v) is 5.94. The van der Waals surface area contributed by atoms with Gasteiger partial charge in [0.2, 0.25) is 0 Å². The Labute approximate surface area is 148 Å². The molecule has 1 aromatic heterocycles. The largest absolute Gasteiger partial charge is 0.467 e. The molecule has 25 heavy (non-hydrogen) atoms. The minimum Gasteiger partial charge on any atom is -0.467 e. The Morgan fingerprint density at radius 2 is 1.68 bits per heavy atom. The van der Waals surface area contributed by atoms with Gasteiger partial charge in [-0.25, -0.2) is 0 Å². The van der Waals surface area contributed by atoms with Gasteiger partial charge in [-0.3, -0.25) is 15.0 Å². The lowest BCUT2D eigenvalue weighted by atomic mass is 9.95. The van der Waals surface area contributed by atoms with Gasteiger partial charge in [0.15, 0.2) is 5.11 Å². The van der Waals surface area contributed by atoms with E-state index in [0.717, 1.165) is 10.4 Å². The Hall–Kier alpha value is -3.19. The van der Waals surface area contributed by atoms with Crippen molar-refractivity contribution in [3.63, 3.8) is 0 Å². The van der Waals surface area contributed by atoms with E-state index in [1.54, 1.807) is 42.7 Å². The molecule has 2 N–H and O–H groups in total. The van der Waals surface area contributed by atoms with Crippen LogP contribution in [0.3, 0.4) is 0 Å². The van der Waals surface area contributed by atoms with E-state index in [4.69, 9.17) is 16.6 Å². The van der Waals surface area contributed by atoms with E-state index in [1.165, 1.54) is 0 Å². The van der Waals surface area contributed by atoms with Gasteiger partial charge in [0, 0.05) is 5.39 Å². The van der Waals surface area contributed by atoms with E-state index in [1.807, 2.05) is 12.1 Å². The van der Waals surface area contributed by atoms with Crippen LogP contribution in [0.15, 0.2) is 59.2 Å². The van der Waals surface area contributed by atoms with Gasteiger partial charge < -0.3 is 9.73 Å². The number of imide groups is 1. The Balaban J connectivity index is 1.58. The zero-order valence-corrected chi connectivity index (χ0v) is 13.8. The van der Waals surface area contributed by atoms with E-state index in [-0.39, 0.29) is 5.11 Å². The van der Waals surface area contributed by atoms with Crippen molar-refractivity contribution in [2.75, 3.05) is 0 Å². The van der Waals surface area contributed by atoms with Crippen molar-refractivity contribution >= 4 is 39.9 Å². The normalized spacial score (nSPS) is 13.2. The van der Waals surface area contributed by atoms with Crippen LogP contribution in [0.1, 0.15) is 26.5 Å². The van der Waals surface area contributed by atoms with Crippen LogP contribution in [-0.2, 0) is 6.54 Å². The number of amides is 2. The summed E-state index contributed by atoms with van der Waals surface area (Å²) in [4.78, 5) is 25.4. The summed E-state index contributed by atoms with van der Waals surface area (Å²) < 4.78 is 5.20. The smallest absolute Gasteiger partial charge is 0.280 e. The van der Waals surface area contributed by atoms with Crippen molar-refractivity contribution in [1.82, 2.24) is 15.8 Å². The fourth-order valence-electron chi connectivity index (χ4n) is 2.85. The van der Waals surface area contributed by atoms with Crippen molar-refractivity contribution in [2.45, 2.75) is 6.54 Å². The minimum atomic E-state index is -0.434. The molecular formula is C18H13N3O3S. The third-order valence-electron chi connectivity index (χ3n) is 3.99. The highest BCUT2D eigenvalue weighted by molar-refractivity contribution is 7.80. The van der Waals surface area contributed by atoms with Gasteiger partial charge in [-0.05, 0) is 41.9 Å². The third-order valence-corrected chi connectivity index (χ3v) is 4.22. The third kappa shape index (κ3) is 2.64. The number of carbonyl (C=O) groups excluding carboxylic acids is 2. The maximum atomic E-state index is 12.7. The molecule has 2 amide bonds. The molecule has 0 radical (unpaired) electrons. The number of hydrogen-bond acceptors (Lipinski definition) is 4. The predicted molar refractivity (Wildman–Crippen MR) is 95.7 cm³/mol. The number of hydrazine groups is 1. The molecule has 2 heterocycles. The maximum absolute atomic E-state index is 12.7. The van der Waals surface area contributed by atoms with E-state index >= 15 is 0 Å². The molecule has 2 aromatic carbocycles. The molecule has 6 nitrogen and oxygen atoms in total. The maximum Gasteiger partial charge on any atom is 0.280 e. The van der Waals surface area contributed by atoms with Crippen LogP contribution < -0.4 is 10.7 Å². The first-order chi connectivity index (χ1) is 12.1. The molecule has 1 aliphatic heterocycles. The highest BCUT2D eigenvalue weighted by Gasteiger charge is 2.33. The van der Waals surface area contributed by atoms with Crippen LogP contribution >= 0.6 is 12.2 Å². The fraction of sp³-hybridized carbons (Fsp3) is 0.0556. The number of carbonyl (C=O) groups is 2. The van der Waals surface area contributed by atoms with Gasteiger partial charge in [-0.15, -0.1) is 0 Å². The summed E-state index contributed by atoms with van der Waals surface area (Å²) in [6.45, 7) is 0.348. The zero-order chi connectivity index (χ0) is 17.4. The van der Waals surface area contributed by atoms with Crippen LogP contribution in [0, 0.1) is 0 Å². The van der Waals surface area contributed by atoms with Gasteiger partial charge in [-0.2, -0.15) is 5.01 Å². The first-order valence-electron chi connectivity index (χ1n) is 7.62. The fourth-order valence-corrected chi connectivity index (χ4v) is 3.02. The van der Waals surface area contributed by atoms with Crippen LogP contribution in [0.5, 0.6) is 0 Å². The number of hydrogen-bond donors (Lipinski definition) is 2. The van der Waals surface area contributed by atoms with Gasteiger partial charge in [-0.1, -0.05) is 24.3 Å². The Morgan fingerprint density at radius 1 is 1.00 bits per heavy atom. The zero-order valence-electron chi connectivity index (χ0n) is 13.0. The Bertz CT molecular complexity index is 947. The molecule has 3 aromatic rings. The van der Waals surface area contributed by atoms with E-state index < -0.39 is 11.8 Å². The molecular weight excluding hydrogens is 338 g/mol. The van der Waals surface area contributed by atoms with E-state index in [2.05, 4.69) is 10.7 Å². The summed E-state index contributed by atoms with van der Waals surface area (Å²) in [6, 6.07) is 14.3. The summed E-state index contributed by atoms with van der Waals surface area (Å²) in [5, 5.41) is 5.53. The first-order valence-corrected chi connectivity index (χ1v) is 8.03. The van der Waals surface area contributed by atoms with Crippen molar-refractivity contribution in [3.05, 3.63) is 71.7 Å². The number of furan rings is 1. The van der Waals surface area contributed by atoms with Crippen LogP contribution in [-0.4, -0.2) is 21.9 Å². The Morgan fingerprint density at radius 3 is 2.28 bits per heavy atom. The average Bonchev–Trinajstić information content (AvgIpc) is 3.15. The predicted octanol–water partition coefficient (Wildman–Crippen LogP) is 2.61. The quantitative estimate of drug-likeness (QED) is 0.558. The lowest BCUT2D eigenvalue weighted by Gasteiger charge is -2.28. The molecule has 4 rings (SSSR count). The lowest BCUT2D eigenvalue weighted by Crippen LogP contribution is -2.54. The molecule has 0 saturated heterocycles. The van der Waals surface area contributed by atoms with Gasteiger partial charge >= 0.3 is 0 Å². The number of nitrogens with zero attached hydrogens (tertiary/aromatic N) is 1. The molecule has 0 atom stereocenters. The molecule has 124 valence electrons. The van der Waals surface area contributed by atoms with Crippen LogP contribution in [0.2, 0.25) is 0 Å². The van der Waals surface area contributed by atoms with Gasteiger partial charge in [0.1, 0.15) is 5.76 Å². The minimum absolute atomic E-state index is 0.157. The molecule has 1 aliphatic rings. The summed E-state index contributed by atoms with van der Waals surface area (Å²) in [5.41, 5.74) is 3.61. The summed E-state index contributed by atoms with van der Waals surface area (Å²) in [5.74, 6) is -0.177. The molecule has 0 fully saturated rings. The topological polar surface area (TPSA) is 74.6 Å². The van der Waals surface area contributed by atoms with Crippen molar-refractivity contribution in [2.24, 2.45) is 0 Å². The highest BCUT2D eigenvalue weighted by atomic mass is 32.1. The number of nitrogens with one attached hydrogen (secondary N) is 2. The summed E-state index contributed by atoms with van der Waals surface area (Å²) >= 11 is 5.18. The molecule has 0 saturated carbocycles. The molecule has 7 heteroatoms. The van der Waals surface area contributed by atoms with E-state index in [0.29, 0.717) is 28.8 Å². The number of rotatable bonds is 3. The van der Waals surface area contributed by atoms with Crippen molar-refractivity contribution in [3.8, 4) is 0 Å². The van der Waals surface area contributed by atoms with Gasteiger partial charge in [0.05, 0.1) is 23.9 Å². The number of benzene rings is 2. The second-order valence-electron chi connectivity index (χ2n) is 5.53. The molecule has 0 aliphatic carbocycles. The van der Waals surface area contributed by atoms with Gasteiger partial charge in [0.25, 0.3) is 11.8 Å². The second kappa shape index (κ2) is 6.03. The van der Waals surface area contributed by atoms with Crippen molar-refractivity contribution < 1.29 is 14.0 Å². The number of thiocarbonyl (C=S) groups is 1. The molecule has 0 spiro atoms. The van der Waals surface area contributed by atoms with Crippen LogP contribution in [0.4, 0.5) is 0 Å². The standard InChI is InChI=1S/C18H13N3O3S/c22-16-13-7-1-4-11-5-2-8-14(15(11)13)17(23)21(16)20-18(25)19-10-12-6-3-9-24-12/h1-9H,10H2,(H2,19,20,25). The highest BCUT2D eigenvalue weighted by Crippen LogP contribution is 2.29. The SMILES string of the molecule is O=C1c2cccc3cccc(c23)C(=O)N1NC(=S)NCc1ccco1. The van der Waals surface area contributed by atoms with Crippen LogP contribution in [0.25, 0.3) is 10.8 Å². The average molecular weight is 351 g/mol. The molecule has 0 bridgehead atoms. The summed E-state index contributed by atoms with van der Waals surface area (Å²) in [7, 11) is 0. The monoisotopic (exact) mass is 351 g/mol.